The molecule has 0 saturated carbocycles. The monoisotopic (exact) mass is 481 g/mol. The molecule has 3 rings (SSSR count). The molecule has 14 heteroatoms. The van der Waals surface area contributed by atoms with E-state index >= 15 is 0 Å². The van der Waals surface area contributed by atoms with Crippen LogP contribution in [0.5, 0.6) is 0 Å². The van der Waals surface area contributed by atoms with Crippen molar-refractivity contribution >= 4 is 57.7 Å². The molecule has 3 heterocycles. The summed E-state index contributed by atoms with van der Waals surface area (Å²) in [4.78, 5) is 57.9. The highest BCUT2D eigenvalue weighted by atomic mass is 32.2. The number of carboxylic acids is 1. The fraction of sp³-hybridized carbons (Fsp3) is 0.333. The number of esters is 1. The highest BCUT2D eigenvalue weighted by Crippen LogP contribution is 2.40. The summed E-state index contributed by atoms with van der Waals surface area (Å²) in [6, 6.07) is -0.952. The number of nitrogens with zero attached hydrogens (tertiary/aromatic N) is 3. The zero-order chi connectivity index (χ0) is 23.4. The number of allylic oxidation sites excluding steroid dienone is 1. The normalized spacial score (nSPS) is 20.6. The fourth-order valence-corrected chi connectivity index (χ4v) is 4.89. The van der Waals surface area contributed by atoms with Gasteiger partial charge in [-0.25, -0.2) is 9.78 Å². The molecule has 0 bridgehead atoms. The second-order valence-electron chi connectivity index (χ2n) is 6.44. The number of nitrogen functional groups attached to an aromatic ring is 1. The molecule has 0 radical (unpaired) electrons. The molecule has 1 unspecified atom stereocenters. The van der Waals surface area contributed by atoms with E-state index in [1.54, 1.807) is 0 Å². The molecule has 1 aromatic rings. The third kappa shape index (κ3) is 4.75. The lowest BCUT2D eigenvalue weighted by molar-refractivity contribution is -0.150. The number of fused-ring (bicyclic) bond motifs is 1. The SMILES string of the molecule is CO/N=C(\C(=O)NC1C(=O)N2C(C(=O)O)=C(/C=C/COC(C)=O)CS[C@H]12)c1csc(N)n1. The number of thiazole rings is 1. The van der Waals surface area contributed by atoms with Gasteiger partial charge in [0, 0.05) is 18.1 Å². The number of thioether (sulfide) groups is 1. The van der Waals surface area contributed by atoms with E-state index in [2.05, 4.69) is 15.5 Å². The van der Waals surface area contributed by atoms with Gasteiger partial charge in [0.05, 0.1) is 0 Å². The Morgan fingerprint density at radius 2 is 2.22 bits per heavy atom. The lowest BCUT2D eigenvalue weighted by Crippen LogP contribution is -2.71. The second-order valence-corrected chi connectivity index (χ2v) is 8.43. The number of β-lactam (4-membered cyclic amide) rings is 1. The number of carboxylic acid groups (broad SMARTS) is 1. The zero-order valence-corrected chi connectivity index (χ0v) is 18.6. The lowest BCUT2D eigenvalue weighted by Gasteiger charge is -2.49. The summed E-state index contributed by atoms with van der Waals surface area (Å²) < 4.78 is 4.79. The minimum absolute atomic E-state index is 0.0187. The number of amides is 2. The van der Waals surface area contributed by atoms with Crippen LogP contribution in [0, 0.1) is 0 Å². The first-order valence-electron chi connectivity index (χ1n) is 9.09. The molecule has 2 amide bonds. The maximum Gasteiger partial charge on any atom is 0.352 e. The molecule has 1 saturated heterocycles. The molecule has 0 aromatic carbocycles. The molecule has 0 aliphatic carbocycles. The molecule has 32 heavy (non-hydrogen) atoms. The van der Waals surface area contributed by atoms with Crippen LogP contribution in [0.2, 0.25) is 0 Å². The number of hydrogen-bond donors (Lipinski definition) is 3. The number of anilines is 1. The van der Waals surface area contributed by atoms with E-state index in [1.807, 2.05) is 0 Å². The minimum Gasteiger partial charge on any atom is -0.477 e. The van der Waals surface area contributed by atoms with Gasteiger partial charge in [0.2, 0.25) is 0 Å². The quantitative estimate of drug-likeness (QED) is 0.197. The summed E-state index contributed by atoms with van der Waals surface area (Å²) in [5.74, 6) is -2.74. The zero-order valence-electron chi connectivity index (χ0n) is 16.9. The maximum absolute atomic E-state index is 12.7. The molecule has 0 spiro atoms. The van der Waals surface area contributed by atoms with E-state index in [-0.39, 0.29) is 34.6 Å². The molecular weight excluding hydrogens is 462 g/mol. The Labute approximate surface area is 190 Å². The number of nitrogens with one attached hydrogen (secondary N) is 1. The Morgan fingerprint density at radius 3 is 2.81 bits per heavy atom. The number of rotatable bonds is 8. The van der Waals surface area contributed by atoms with Crippen molar-refractivity contribution in [1.29, 1.82) is 0 Å². The highest BCUT2D eigenvalue weighted by molar-refractivity contribution is 8.00. The van der Waals surface area contributed by atoms with Crippen molar-refractivity contribution in [2.75, 3.05) is 25.2 Å². The van der Waals surface area contributed by atoms with E-state index in [0.29, 0.717) is 5.57 Å². The molecule has 4 N–H and O–H groups in total. The van der Waals surface area contributed by atoms with Crippen LogP contribution in [0.4, 0.5) is 5.13 Å². The van der Waals surface area contributed by atoms with E-state index in [4.69, 9.17) is 15.3 Å². The maximum atomic E-state index is 12.7. The number of nitrogens with two attached hydrogens (primary N) is 1. The van der Waals surface area contributed by atoms with Crippen LogP contribution in [-0.2, 0) is 28.8 Å². The van der Waals surface area contributed by atoms with E-state index < -0.39 is 35.2 Å². The van der Waals surface area contributed by atoms with Crippen molar-refractivity contribution in [3.63, 3.8) is 0 Å². The number of oxime groups is 1. The van der Waals surface area contributed by atoms with Gasteiger partial charge in [0.1, 0.15) is 36.5 Å². The van der Waals surface area contributed by atoms with Crippen LogP contribution >= 0.6 is 23.1 Å². The first-order chi connectivity index (χ1) is 15.2. The van der Waals surface area contributed by atoms with Crippen molar-refractivity contribution in [1.82, 2.24) is 15.2 Å². The summed E-state index contributed by atoms with van der Waals surface area (Å²) in [5, 5.41) is 17.0. The third-order valence-electron chi connectivity index (χ3n) is 4.35. The Kier molecular flexibility index (Phi) is 7.15. The summed E-state index contributed by atoms with van der Waals surface area (Å²) >= 11 is 2.40. The number of aromatic nitrogens is 1. The van der Waals surface area contributed by atoms with Crippen LogP contribution in [-0.4, -0.2) is 75.3 Å². The average Bonchev–Trinajstić information content (AvgIpc) is 3.17. The summed E-state index contributed by atoms with van der Waals surface area (Å²) in [6.07, 6.45) is 3.00. The first kappa shape index (κ1) is 23.3. The molecule has 2 aliphatic rings. The predicted molar refractivity (Wildman–Crippen MR) is 116 cm³/mol. The van der Waals surface area contributed by atoms with Crippen molar-refractivity contribution in [3.8, 4) is 0 Å². The van der Waals surface area contributed by atoms with E-state index in [9.17, 15) is 24.3 Å². The van der Waals surface area contributed by atoms with Gasteiger partial charge in [-0.15, -0.1) is 23.1 Å². The number of carbonyl (C=O) groups excluding carboxylic acids is 3. The predicted octanol–water partition coefficient (Wildman–Crippen LogP) is -0.0663. The standard InChI is InChI=1S/C18H19N5O7S2/c1-8(24)30-5-3-4-9-6-31-16-12(15(26)23(16)13(9)17(27)28)21-14(25)11(22-29-2)10-7-32-18(19)20-10/h3-4,7,12,16H,5-6H2,1-2H3,(H2,19,20)(H,21,25)(H,27,28)/b4-3+,22-11-/t12?,16-/m1/s1. The van der Waals surface area contributed by atoms with Gasteiger partial charge in [-0.05, 0) is 11.6 Å². The van der Waals surface area contributed by atoms with E-state index in [1.165, 1.54) is 43.3 Å². The number of aliphatic carboxylic acids is 1. The van der Waals surface area contributed by atoms with Crippen molar-refractivity contribution < 1.29 is 33.9 Å². The van der Waals surface area contributed by atoms with Crippen molar-refractivity contribution in [2.24, 2.45) is 5.16 Å². The summed E-state index contributed by atoms with van der Waals surface area (Å²) in [5.41, 5.74) is 5.85. The second kappa shape index (κ2) is 9.82. The van der Waals surface area contributed by atoms with Gasteiger partial charge in [0.25, 0.3) is 11.8 Å². The average molecular weight is 482 g/mol. The van der Waals surface area contributed by atoms with Gasteiger partial charge in [-0.3, -0.25) is 19.3 Å². The number of carbonyl (C=O) groups is 4. The Hall–Kier alpha value is -3.39. The van der Waals surface area contributed by atoms with Crippen LogP contribution in [0.3, 0.4) is 0 Å². The topological polar surface area (TPSA) is 174 Å². The molecule has 2 aliphatic heterocycles. The minimum atomic E-state index is -1.28. The lowest BCUT2D eigenvalue weighted by atomic mass is 10.0. The first-order valence-corrected chi connectivity index (χ1v) is 11.0. The fourth-order valence-electron chi connectivity index (χ4n) is 3.03. The smallest absolute Gasteiger partial charge is 0.352 e. The largest absolute Gasteiger partial charge is 0.477 e. The molecule has 170 valence electrons. The van der Waals surface area contributed by atoms with Gasteiger partial charge in [0.15, 0.2) is 10.8 Å². The Bertz CT molecular complexity index is 1050. The molecule has 2 atom stereocenters. The third-order valence-corrected chi connectivity index (χ3v) is 6.33. The summed E-state index contributed by atoms with van der Waals surface area (Å²) in [6.45, 7) is 1.24. The van der Waals surface area contributed by atoms with Gasteiger partial charge < -0.3 is 25.7 Å². The van der Waals surface area contributed by atoms with Gasteiger partial charge >= 0.3 is 11.9 Å². The number of hydrogen-bond acceptors (Lipinski definition) is 11. The highest BCUT2D eigenvalue weighted by Gasteiger charge is 2.54. The van der Waals surface area contributed by atoms with E-state index in [0.717, 1.165) is 16.2 Å². The van der Waals surface area contributed by atoms with Crippen LogP contribution in [0.25, 0.3) is 0 Å². The van der Waals surface area contributed by atoms with Gasteiger partial charge in [-0.1, -0.05) is 11.2 Å². The molecule has 1 aromatic heterocycles. The molecule has 1 fully saturated rings. The molecule has 12 nitrogen and oxygen atoms in total. The Balaban J connectivity index is 1.75. The summed E-state index contributed by atoms with van der Waals surface area (Å²) in [7, 11) is 1.26. The Morgan fingerprint density at radius 1 is 1.47 bits per heavy atom. The van der Waals surface area contributed by atoms with Crippen LogP contribution in [0.1, 0.15) is 12.6 Å². The van der Waals surface area contributed by atoms with Crippen LogP contribution < -0.4 is 11.1 Å². The molecular formula is C18H19N5O7S2. The number of ether oxygens (including phenoxy) is 1. The van der Waals surface area contributed by atoms with Crippen LogP contribution in [0.15, 0.2) is 34.0 Å². The van der Waals surface area contributed by atoms with Gasteiger partial charge in [-0.2, -0.15) is 0 Å². The van der Waals surface area contributed by atoms with Crippen molar-refractivity contribution in [3.05, 3.63) is 34.5 Å². The van der Waals surface area contributed by atoms with Crippen molar-refractivity contribution in [2.45, 2.75) is 18.3 Å².